The monoisotopic (exact) mass is 266 g/mol. The van der Waals surface area contributed by atoms with E-state index >= 15 is 0 Å². The number of halogens is 6. The maximum Gasteiger partial charge on any atom is 0.376 e. The number of hydrogen-bond donors (Lipinski definition) is 0. The third-order valence-electron chi connectivity index (χ3n) is 1.65. The predicted octanol–water partition coefficient (Wildman–Crippen LogP) is 2.04. The van der Waals surface area contributed by atoms with Crippen molar-refractivity contribution in [3.63, 3.8) is 0 Å². The van der Waals surface area contributed by atoms with Crippen LogP contribution in [0, 0.1) is 0 Å². The molecule has 0 saturated carbocycles. The lowest BCUT2D eigenvalue weighted by Crippen LogP contribution is -2.52. The Balaban J connectivity index is 4.83. The van der Waals surface area contributed by atoms with E-state index in [1.165, 1.54) is 6.92 Å². The van der Waals surface area contributed by atoms with Gasteiger partial charge in [0.05, 0.1) is 6.61 Å². The van der Waals surface area contributed by atoms with E-state index in [1.807, 2.05) is 0 Å². The van der Waals surface area contributed by atoms with E-state index in [4.69, 9.17) is 0 Å². The second kappa shape index (κ2) is 5.37. The lowest BCUT2D eigenvalue weighted by Gasteiger charge is -2.23. The second-order valence-electron chi connectivity index (χ2n) is 2.90. The number of carbonyl (C=O) groups excluding carboxylic acids is 2. The fourth-order valence-electron chi connectivity index (χ4n) is 0.777. The van der Waals surface area contributed by atoms with Crippen LogP contribution in [-0.2, 0) is 14.3 Å². The van der Waals surface area contributed by atoms with Crippen LogP contribution in [0.2, 0.25) is 0 Å². The Morgan fingerprint density at radius 1 is 1.18 bits per heavy atom. The minimum atomic E-state index is -5.82. The molecule has 0 aromatic rings. The quantitative estimate of drug-likeness (QED) is 0.420. The minimum Gasteiger partial charge on any atom is -0.466 e. The van der Waals surface area contributed by atoms with E-state index in [0.29, 0.717) is 0 Å². The van der Waals surface area contributed by atoms with Crippen molar-refractivity contribution in [3.8, 4) is 0 Å². The molecule has 17 heavy (non-hydrogen) atoms. The van der Waals surface area contributed by atoms with Crippen molar-refractivity contribution in [2.24, 2.45) is 0 Å². The Morgan fingerprint density at radius 3 is 2.00 bits per heavy atom. The maximum absolute atomic E-state index is 12.7. The van der Waals surface area contributed by atoms with Gasteiger partial charge in [-0.25, -0.2) is 8.78 Å². The van der Waals surface area contributed by atoms with Gasteiger partial charge >= 0.3 is 24.2 Å². The van der Waals surface area contributed by atoms with Crippen LogP contribution < -0.4 is 0 Å². The summed E-state index contributed by atoms with van der Waals surface area (Å²) < 4.78 is 77.4. The Morgan fingerprint density at radius 2 is 1.65 bits per heavy atom. The van der Waals surface area contributed by atoms with Crippen LogP contribution in [0.25, 0.3) is 0 Å². The molecular weight excluding hydrogens is 258 g/mol. The lowest BCUT2D eigenvalue weighted by atomic mass is 10.1. The van der Waals surface area contributed by atoms with Gasteiger partial charge in [0.1, 0.15) is 6.42 Å². The number of alkyl halides is 6. The summed E-state index contributed by atoms with van der Waals surface area (Å²) in [5.41, 5.74) is 0. The molecule has 0 atom stereocenters. The van der Waals surface area contributed by atoms with Crippen LogP contribution >= 0.6 is 0 Å². The highest BCUT2D eigenvalue weighted by Crippen LogP contribution is 2.40. The van der Waals surface area contributed by atoms with Crippen molar-refractivity contribution < 1.29 is 40.7 Å². The molecule has 0 aliphatic carbocycles. The van der Waals surface area contributed by atoms with E-state index in [1.54, 1.807) is 0 Å². The average Bonchev–Trinajstić information content (AvgIpc) is 2.17. The van der Waals surface area contributed by atoms with Crippen LogP contribution in [0.15, 0.2) is 0 Å². The average molecular weight is 266 g/mol. The lowest BCUT2D eigenvalue weighted by molar-refractivity contribution is -0.253. The fourth-order valence-corrected chi connectivity index (χ4v) is 0.777. The molecule has 0 radical (unpaired) electrons. The first kappa shape index (κ1) is 15.7. The Kier molecular flexibility index (Phi) is 4.96. The van der Waals surface area contributed by atoms with Crippen molar-refractivity contribution in [3.05, 3.63) is 0 Å². The van der Waals surface area contributed by atoms with Crippen molar-refractivity contribution in [1.82, 2.24) is 0 Å². The van der Waals surface area contributed by atoms with Crippen molar-refractivity contribution >= 4 is 11.8 Å². The molecule has 0 aromatic heterocycles. The van der Waals surface area contributed by atoms with Crippen LogP contribution in [0.1, 0.15) is 13.3 Å². The first-order chi connectivity index (χ1) is 7.57. The molecule has 100 valence electrons. The zero-order valence-corrected chi connectivity index (χ0v) is 8.48. The molecule has 0 N–H and O–H groups in total. The fraction of sp³-hybridized carbons (Fsp3) is 0.750. The number of ether oxygens (including phenoxy) is 1. The number of ketones is 1. The smallest absolute Gasteiger partial charge is 0.376 e. The molecule has 0 spiro atoms. The summed E-state index contributed by atoms with van der Waals surface area (Å²) in [7, 11) is 0. The van der Waals surface area contributed by atoms with E-state index < -0.39 is 36.4 Å². The number of esters is 1. The van der Waals surface area contributed by atoms with Gasteiger partial charge in [0.2, 0.25) is 5.78 Å². The molecule has 0 unspecified atom stereocenters. The van der Waals surface area contributed by atoms with Crippen LogP contribution in [0.3, 0.4) is 0 Å². The van der Waals surface area contributed by atoms with Gasteiger partial charge in [-0.3, -0.25) is 9.59 Å². The van der Waals surface area contributed by atoms with Gasteiger partial charge < -0.3 is 4.74 Å². The Hall–Kier alpha value is -1.28. The van der Waals surface area contributed by atoms with E-state index in [-0.39, 0.29) is 6.61 Å². The largest absolute Gasteiger partial charge is 0.466 e. The molecule has 0 aliphatic rings. The van der Waals surface area contributed by atoms with Gasteiger partial charge in [0, 0.05) is 0 Å². The summed E-state index contributed by atoms with van der Waals surface area (Å²) in [6.07, 6.45) is -6.41. The molecule has 9 heteroatoms. The first-order valence-electron chi connectivity index (χ1n) is 4.30. The van der Waals surface area contributed by atoms with Gasteiger partial charge in [-0.15, -0.1) is 0 Å². The number of Topliss-reactive ketones (excluding diaryl/α,β-unsaturated/α-hetero) is 1. The molecule has 0 fully saturated rings. The first-order valence-corrected chi connectivity index (χ1v) is 4.30. The Labute approximate surface area is 91.7 Å². The third-order valence-corrected chi connectivity index (χ3v) is 1.65. The van der Waals surface area contributed by atoms with Crippen LogP contribution in [0.4, 0.5) is 26.3 Å². The van der Waals surface area contributed by atoms with Crippen LogP contribution in [0.5, 0.6) is 0 Å². The summed E-state index contributed by atoms with van der Waals surface area (Å²) >= 11 is 0. The summed E-state index contributed by atoms with van der Waals surface area (Å²) in [5, 5.41) is 0. The molecule has 3 nitrogen and oxygen atoms in total. The molecule has 0 aliphatic heterocycles. The summed E-state index contributed by atoms with van der Waals surface area (Å²) in [6.45, 7) is 1.03. The van der Waals surface area contributed by atoms with Gasteiger partial charge in [0.15, 0.2) is 0 Å². The summed E-state index contributed by atoms with van der Waals surface area (Å²) in [6, 6.07) is 0. The highest BCUT2D eigenvalue weighted by molar-refractivity contribution is 6.00. The highest BCUT2D eigenvalue weighted by atomic mass is 19.3. The number of carbonyl (C=O) groups is 2. The van der Waals surface area contributed by atoms with Gasteiger partial charge in [0.25, 0.3) is 0 Å². The molecular formula is C8H8F6O3. The topological polar surface area (TPSA) is 43.4 Å². The molecule has 0 aromatic carbocycles. The van der Waals surface area contributed by atoms with Gasteiger partial charge in [-0.05, 0) is 6.92 Å². The number of rotatable bonds is 6. The van der Waals surface area contributed by atoms with Crippen molar-refractivity contribution in [2.75, 3.05) is 6.61 Å². The SMILES string of the molecule is CCOC(=O)CC(=O)C(F)(F)C(F)(F)C(F)F. The molecule has 0 bridgehead atoms. The van der Waals surface area contributed by atoms with Gasteiger partial charge in [-0.1, -0.05) is 0 Å². The third kappa shape index (κ3) is 3.34. The van der Waals surface area contributed by atoms with Gasteiger partial charge in [-0.2, -0.15) is 17.6 Å². The standard InChI is InChI=1S/C8H8F6O3/c1-2-17-5(16)3-4(15)7(11,12)8(13,14)6(9)10/h6H,2-3H2,1H3. The Bertz CT molecular complexity index is 302. The molecule has 0 heterocycles. The van der Waals surface area contributed by atoms with E-state index in [9.17, 15) is 35.9 Å². The van der Waals surface area contributed by atoms with Crippen molar-refractivity contribution in [1.29, 1.82) is 0 Å². The predicted molar refractivity (Wildman–Crippen MR) is 42.2 cm³/mol. The van der Waals surface area contributed by atoms with Crippen molar-refractivity contribution in [2.45, 2.75) is 31.6 Å². The molecule has 0 rings (SSSR count). The normalized spacial score (nSPS) is 12.7. The highest BCUT2D eigenvalue weighted by Gasteiger charge is 2.67. The minimum absolute atomic E-state index is 0.261. The zero-order chi connectivity index (χ0) is 13.9. The molecule has 0 amide bonds. The van der Waals surface area contributed by atoms with Crippen LogP contribution in [-0.4, -0.2) is 36.6 Å². The maximum atomic E-state index is 12.7. The summed E-state index contributed by atoms with van der Waals surface area (Å²) in [4.78, 5) is 21.2. The zero-order valence-electron chi connectivity index (χ0n) is 8.48. The second-order valence-corrected chi connectivity index (χ2v) is 2.90. The van der Waals surface area contributed by atoms with E-state index in [2.05, 4.69) is 4.74 Å². The van der Waals surface area contributed by atoms with E-state index in [0.717, 1.165) is 0 Å². The summed E-state index contributed by atoms with van der Waals surface area (Å²) in [5.74, 6) is -15.5. The number of hydrogen-bond acceptors (Lipinski definition) is 3. The molecule has 0 saturated heterocycles.